The zero-order chi connectivity index (χ0) is 22.1. The Hall–Kier alpha value is -1.73. The first-order valence-corrected chi connectivity index (χ1v) is 11.6. The van der Waals surface area contributed by atoms with E-state index in [1.54, 1.807) is 0 Å². The van der Waals surface area contributed by atoms with Gasteiger partial charge in [-0.15, -0.1) is 12.6 Å². The van der Waals surface area contributed by atoms with Gasteiger partial charge < -0.3 is 0 Å². The van der Waals surface area contributed by atoms with Crippen LogP contribution in [0, 0.1) is 5.92 Å². The van der Waals surface area contributed by atoms with E-state index in [0.29, 0.717) is 0 Å². The molecule has 0 heterocycles. The molecule has 1 atom stereocenters. The van der Waals surface area contributed by atoms with Gasteiger partial charge in [-0.3, -0.25) is 0 Å². The van der Waals surface area contributed by atoms with E-state index < -0.39 is 0 Å². The topological polar surface area (TPSA) is 0 Å². The minimum absolute atomic E-state index is 0.818. The van der Waals surface area contributed by atoms with Gasteiger partial charge in [-0.1, -0.05) is 109 Å². The van der Waals surface area contributed by atoms with Crippen molar-refractivity contribution in [3.05, 3.63) is 78.4 Å². The zero-order valence-corrected chi connectivity index (χ0v) is 20.4. The fraction of sp³-hybridized carbons (Fsp3) is 0.429. The number of hydrogen-bond donors (Lipinski definition) is 1. The number of hydrogen-bond acceptors (Lipinski definition) is 1. The van der Waals surface area contributed by atoms with Crippen molar-refractivity contribution in [2.24, 2.45) is 5.92 Å². The van der Waals surface area contributed by atoms with Crippen LogP contribution in [0.2, 0.25) is 0 Å². The zero-order valence-electron chi connectivity index (χ0n) is 19.5. The molecular weight excluding hydrogens is 368 g/mol. The minimum atomic E-state index is 0.818. The van der Waals surface area contributed by atoms with Crippen LogP contribution in [0.1, 0.15) is 84.8 Å². The van der Waals surface area contributed by atoms with Crippen molar-refractivity contribution in [1.29, 1.82) is 0 Å². The fourth-order valence-corrected chi connectivity index (χ4v) is 2.92. The first kappa shape index (κ1) is 27.3. The highest BCUT2D eigenvalue weighted by molar-refractivity contribution is 7.80. The second-order valence-corrected chi connectivity index (χ2v) is 7.76. The molecule has 0 radical (unpaired) electrons. The Labute approximate surface area is 186 Å². The molecule has 0 fully saturated rings. The summed E-state index contributed by atoms with van der Waals surface area (Å²) in [6.07, 6.45) is 8.63. The lowest BCUT2D eigenvalue weighted by Gasteiger charge is -2.08. The molecule has 0 aliphatic rings. The van der Waals surface area contributed by atoms with E-state index in [9.17, 15) is 0 Å². The molecule has 29 heavy (non-hydrogen) atoms. The Morgan fingerprint density at radius 2 is 1.55 bits per heavy atom. The van der Waals surface area contributed by atoms with E-state index in [1.165, 1.54) is 48.0 Å². The summed E-state index contributed by atoms with van der Waals surface area (Å²) in [5, 5.41) is 0. The summed E-state index contributed by atoms with van der Waals surface area (Å²) in [6, 6.07) is 18.7. The Balaban J connectivity index is 0.000000526. The first-order valence-electron chi connectivity index (χ1n) is 11.2. The van der Waals surface area contributed by atoms with Gasteiger partial charge in [0, 0.05) is 4.90 Å². The van der Waals surface area contributed by atoms with Gasteiger partial charge in [0.25, 0.3) is 0 Å². The third-order valence-corrected chi connectivity index (χ3v) is 5.11. The van der Waals surface area contributed by atoms with Crippen molar-refractivity contribution < 1.29 is 0 Å². The molecule has 0 aliphatic heterocycles. The van der Waals surface area contributed by atoms with Crippen molar-refractivity contribution in [2.45, 2.75) is 78.5 Å². The number of thiol groups is 1. The van der Waals surface area contributed by atoms with Crippen LogP contribution in [0.4, 0.5) is 0 Å². The molecule has 0 aromatic heterocycles. The van der Waals surface area contributed by atoms with Crippen molar-refractivity contribution in [1.82, 2.24) is 0 Å². The van der Waals surface area contributed by atoms with Crippen molar-refractivity contribution >= 4 is 23.8 Å². The predicted octanol–water partition coefficient (Wildman–Crippen LogP) is 9.73. The molecule has 2 aromatic rings. The van der Waals surface area contributed by atoms with E-state index in [2.05, 4.69) is 83.3 Å². The van der Waals surface area contributed by atoms with Crippen LogP contribution in [0.5, 0.6) is 0 Å². The van der Waals surface area contributed by atoms with Gasteiger partial charge in [-0.2, -0.15) is 0 Å². The van der Waals surface area contributed by atoms with E-state index in [-0.39, 0.29) is 0 Å². The number of rotatable bonds is 8. The van der Waals surface area contributed by atoms with Crippen LogP contribution in [0.15, 0.2) is 72.1 Å². The summed E-state index contributed by atoms with van der Waals surface area (Å²) in [5.41, 5.74) is 5.15. The molecule has 0 spiro atoms. The predicted molar refractivity (Wildman–Crippen MR) is 138 cm³/mol. The molecule has 0 saturated carbocycles. The number of allylic oxidation sites excluding steroid dienone is 3. The van der Waals surface area contributed by atoms with Crippen molar-refractivity contribution in [2.75, 3.05) is 0 Å². The molecule has 0 aliphatic carbocycles. The molecule has 2 aromatic carbocycles. The lowest BCUT2D eigenvalue weighted by molar-refractivity contribution is 0.512. The monoisotopic (exact) mass is 410 g/mol. The van der Waals surface area contributed by atoms with Crippen LogP contribution in [0.3, 0.4) is 0 Å². The van der Waals surface area contributed by atoms with E-state index in [1.807, 2.05) is 38.1 Å². The van der Waals surface area contributed by atoms with E-state index in [4.69, 9.17) is 0 Å². The molecule has 0 amide bonds. The number of unbranched alkanes of at least 4 members (excludes halogenated alkanes) is 1. The first-order chi connectivity index (χ1) is 14.0. The van der Waals surface area contributed by atoms with Gasteiger partial charge in [0.15, 0.2) is 0 Å². The lowest BCUT2D eigenvalue weighted by Crippen LogP contribution is -1.92. The van der Waals surface area contributed by atoms with Crippen LogP contribution in [-0.4, -0.2) is 0 Å². The van der Waals surface area contributed by atoms with Gasteiger partial charge in [0.2, 0.25) is 0 Å². The minimum Gasteiger partial charge on any atom is -0.143 e. The Morgan fingerprint density at radius 3 is 2.07 bits per heavy atom. The van der Waals surface area contributed by atoms with Crippen molar-refractivity contribution in [3.8, 4) is 0 Å². The Kier molecular flexibility index (Phi) is 16.1. The third-order valence-electron chi connectivity index (χ3n) is 4.81. The largest absolute Gasteiger partial charge is 0.143 e. The van der Waals surface area contributed by atoms with Gasteiger partial charge in [-0.25, -0.2) is 0 Å². The summed E-state index contributed by atoms with van der Waals surface area (Å²) in [6.45, 7) is 16.9. The maximum Gasteiger partial charge on any atom is 0.00403 e. The number of benzene rings is 2. The van der Waals surface area contributed by atoms with Crippen LogP contribution < -0.4 is 0 Å². The summed E-state index contributed by atoms with van der Waals surface area (Å²) in [4.78, 5) is 0.998. The van der Waals surface area contributed by atoms with E-state index >= 15 is 0 Å². The summed E-state index contributed by atoms with van der Waals surface area (Å²) in [5.74, 6) is 0.818. The summed E-state index contributed by atoms with van der Waals surface area (Å²) >= 11 is 4.20. The SMILES string of the molecule is C=C(CC)c1ccc(S)cc1.CC.CCCCC(C)C/C=C(\C)c1ccccc1. The maximum atomic E-state index is 4.20. The van der Waals surface area contributed by atoms with Crippen molar-refractivity contribution in [3.63, 3.8) is 0 Å². The highest BCUT2D eigenvalue weighted by Gasteiger charge is 2.00. The van der Waals surface area contributed by atoms with Crippen LogP contribution in [-0.2, 0) is 0 Å². The summed E-state index contributed by atoms with van der Waals surface area (Å²) < 4.78 is 0. The average molecular weight is 411 g/mol. The molecule has 0 saturated heterocycles. The third kappa shape index (κ3) is 12.4. The molecule has 0 nitrogen and oxygen atoms in total. The molecular formula is C28H42S. The highest BCUT2D eigenvalue weighted by Crippen LogP contribution is 2.19. The normalized spacial score (nSPS) is 11.5. The summed E-state index contributed by atoms with van der Waals surface area (Å²) in [7, 11) is 0. The molecule has 160 valence electrons. The second-order valence-electron chi connectivity index (χ2n) is 7.24. The standard InChI is InChI=1S/C16H24.C10H12S.C2H6/c1-4-5-9-14(2)12-13-15(3)16-10-7-6-8-11-16;1-3-8(2)9-4-6-10(11)7-5-9;1-2/h6-8,10-11,13-14H,4-5,9,12H2,1-3H3;4-7,11H,2-3H2,1H3;1-2H3/b15-13+;;. The maximum absolute atomic E-state index is 4.20. The second kappa shape index (κ2) is 17.2. The smallest absolute Gasteiger partial charge is 0.00403 e. The fourth-order valence-electron chi connectivity index (χ4n) is 2.77. The lowest BCUT2D eigenvalue weighted by atomic mass is 9.98. The van der Waals surface area contributed by atoms with Gasteiger partial charge in [0.1, 0.15) is 0 Å². The Bertz CT molecular complexity index is 680. The molecule has 1 unspecified atom stereocenters. The molecule has 2 rings (SSSR count). The van der Waals surface area contributed by atoms with Gasteiger partial charge >= 0.3 is 0 Å². The Morgan fingerprint density at radius 1 is 0.966 bits per heavy atom. The molecule has 1 heteroatoms. The van der Waals surface area contributed by atoms with E-state index in [0.717, 1.165) is 17.2 Å². The van der Waals surface area contributed by atoms with Gasteiger partial charge in [0.05, 0.1) is 0 Å². The van der Waals surface area contributed by atoms with Gasteiger partial charge in [-0.05, 0) is 60.1 Å². The average Bonchev–Trinajstić information content (AvgIpc) is 2.78. The highest BCUT2D eigenvalue weighted by atomic mass is 32.1. The molecule has 0 bridgehead atoms. The quantitative estimate of drug-likeness (QED) is 0.411. The van der Waals surface area contributed by atoms with Crippen LogP contribution >= 0.6 is 12.6 Å². The van der Waals surface area contributed by atoms with Crippen LogP contribution in [0.25, 0.3) is 11.1 Å². The molecule has 0 N–H and O–H groups in total.